The molecule has 0 bridgehead atoms. The molecule has 3 amide bonds. The summed E-state index contributed by atoms with van der Waals surface area (Å²) in [6.07, 6.45) is 3.93. The SMILES string of the molecule is CC(C)C(N)C(=O)N1CCCC1C(=O)NC(Cc1ccc(O)cc1)C(=O)NC(Cc1cnc[nH]1)C(=O)O. The first-order valence-electron chi connectivity index (χ1n) is 12.2. The molecule has 37 heavy (non-hydrogen) atoms. The molecule has 12 heteroatoms. The van der Waals surface area contributed by atoms with Crippen LogP contribution in [0.1, 0.15) is 37.9 Å². The molecule has 1 saturated heterocycles. The third-order valence-corrected chi connectivity index (χ3v) is 6.44. The van der Waals surface area contributed by atoms with E-state index >= 15 is 0 Å². The summed E-state index contributed by atoms with van der Waals surface area (Å²) in [6, 6.07) is 2.19. The Bertz CT molecular complexity index is 1090. The Morgan fingerprint density at radius 3 is 2.43 bits per heavy atom. The highest BCUT2D eigenvalue weighted by Gasteiger charge is 2.38. The first-order valence-corrected chi connectivity index (χ1v) is 12.2. The minimum absolute atomic E-state index is 0.0288. The van der Waals surface area contributed by atoms with Crippen molar-refractivity contribution in [2.45, 2.75) is 63.7 Å². The highest BCUT2D eigenvalue weighted by atomic mass is 16.4. The quantitative estimate of drug-likeness (QED) is 0.240. The second-order valence-electron chi connectivity index (χ2n) is 9.57. The fraction of sp³-hybridized carbons (Fsp3) is 0.480. The van der Waals surface area contributed by atoms with Crippen LogP contribution in [0.15, 0.2) is 36.8 Å². The Labute approximate surface area is 214 Å². The van der Waals surface area contributed by atoms with Gasteiger partial charge < -0.3 is 36.5 Å². The average Bonchev–Trinajstić information content (AvgIpc) is 3.55. The van der Waals surface area contributed by atoms with Crippen LogP contribution in [0.25, 0.3) is 0 Å². The molecule has 3 rings (SSSR count). The molecule has 7 N–H and O–H groups in total. The highest BCUT2D eigenvalue weighted by Crippen LogP contribution is 2.20. The monoisotopic (exact) mass is 514 g/mol. The molecule has 0 spiro atoms. The van der Waals surface area contributed by atoms with Crippen LogP contribution in [0.5, 0.6) is 5.75 Å². The van der Waals surface area contributed by atoms with E-state index in [1.807, 2.05) is 13.8 Å². The highest BCUT2D eigenvalue weighted by molar-refractivity contribution is 5.94. The standard InChI is InChI=1S/C25H34N6O6/c1-14(2)21(26)24(35)31-9-3-4-20(31)23(34)29-18(10-15-5-7-17(32)8-6-15)22(33)30-19(25(36)37)11-16-12-27-13-28-16/h5-8,12-14,18-21,32H,3-4,9-11,26H2,1-2H3,(H,27,28)(H,29,34)(H,30,33)(H,36,37). The van der Waals surface area contributed by atoms with E-state index in [2.05, 4.69) is 20.6 Å². The third-order valence-electron chi connectivity index (χ3n) is 6.44. The molecule has 1 aromatic heterocycles. The van der Waals surface area contributed by atoms with Gasteiger partial charge in [0.05, 0.1) is 12.4 Å². The van der Waals surface area contributed by atoms with E-state index in [0.29, 0.717) is 30.6 Å². The second kappa shape index (κ2) is 12.3. The average molecular weight is 515 g/mol. The lowest BCUT2D eigenvalue weighted by Gasteiger charge is -2.29. The van der Waals surface area contributed by atoms with E-state index in [1.54, 1.807) is 12.1 Å². The lowest BCUT2D eigenvalue weighted by Crippen LogP contribution is -2.57. The molecule has 0 radical (unpaired) electrons. The van der Waals surface area contributed by atoms with Crippen LogP contribution in [-0.4, -0.2) is 79.5 Å². The summed E-state index contributed by atoms with van der Waals surface area (Å²) in [5.74, 6) is -2.83. The van der Waals surface area contributed by atoms with Gasteiger partial charge in [0.25, 0.3) is 0 Å². The van der Waals surface area contributed by atoms with E-state index in [0.717, 1.165) is 0 Å². The maximum atomic E-state index is 13.3. The van der Waals surface area contributed by atoms with Crippen LogP contribution < -0.4 is 16.4 Å². The molecular weight excluding hydrogens is 480 g/mol. The van der Waals surface area contributed by atoms with Crippen LogP contribution in [-0.2, 0) is 32.0 Å². The molecule has 12 nitrogen and oxygen atoms in total. The van der Waals surface area contributed by atoms with Crippen molar-refractivity contribution in [1.82, 2.24) is 25.5 Å². The number of aromatic nitrogens is 2. The Morgan fingerprint density at radius 2 is 1.84 bits per heavy atom. The molecule has 2 heterocycles. The van der Waals surface area contributed by atoms with Gasteiger partial charge in [0.2, 0.25) is 17.7 Å². The lowest BCUT2D eigenvalue weighted by atomic mass is 10.0. The van der Waals surface area contributed by atoms with Crippen molar-refractivity contribution in [1.29, 1.82) is 0 Å². The van der Waals surface area contributed by atoms with Crippen molar-refractivity contribution in [3.8, 4) is 5.75 Å². The van der Waals surface area contributed by atoms with Crippen LogP contribution in [0.2, 0.25) is 0 Å². The number of phenolic OH excluding ortho intramolecular Hbond substituents is 1. The second-order valence-corrected chi connectivity index (χ2v) is 9.57. The number of nitrogens with one attached hydrogen (secondary N) is 3. The van der Waals surface area contributed by atoms with Crippen molar-refractivity contribution in [3.05, 3.63) is 48.0 Å². The normalized spacial score (nSPS) is 17.7. The maximum Gasteiger partial charge on any atom is 0.326 e. The number of phenols is 1. The number of nitrogens with zero attached hydrogens (tertiary/aromatic N) is 2. The van der Waals surface area contributed by atoms with Gasteiger partial charge in [0.1, 0.15) is 23.9 Å². The number of amides is 3. The van der Waals surface area contributed by atoms with Gasteiger partial charge in [-0.15, -0.1) is 0 Å². The fourth-order valence-electron chi connectivity index (χ4n) is 4.21. The summed E-state index contributed by atoms with van der Waals surface area (Å²) < 4.78 is 0. The van der Waals surface area contributed by atoms with Crippen LogP contribution in [0.3, 0.4) is 0 Å². The van der Waals surface area contributed by atoms with Gasteiger partial charge in [0, 0.05) is 31.3 Å². The predicted octanol–water partition coefficient (Wildman–Crippen LogP) is -0.0710. The number of hydrogen-bond donors (Lipinski definition) is 6. The summed E-state index contributed by atoms with van der Waals surface area (Å²) in [6.45, 7) is 4.04. The molecule has 4 atom stereocenters. The van der Waals surface area contributed by atoms with Crippen molar-refractivity contribution in [3.63, 3.8) is 0 Å². The minimum Gasteiger partial charge on any atom is -0.508 e. The van der Waals surface area contributed by atoms with E-state index < -0.39 is 42.0 Å². The summed E-state index contributed by atoms with van der Waals surface area (Å²) in [4.78, 5) is 59.4. The number of benzene rings is 1. The van der Waals surface area contributed by atoms with Crippen LogP contribution in [0, 0.1) is 5.92 Å². The molecule has 1 aromatic carbocycles. The van der Waals surface area contributed by atoms with Gasteiger partial charge >= 0.3 is 5.97 Å². The number of hydrogen-bond acceptors (Lipinski definition) is 7. The number of carboxylic acid groups (broad SMARTS) is 1. The lowest BCUT2D eigenvalue weighted by molar-refractivity contribution is -0.143. The Morgan fingerprint density at radius 1 is 1.14 bits per heavy atom. The van der Waals surface area contributed by atoms with Crippen LogP contribution in [0.4, 0.5) is 0 Å². The van der Waals surface area contributed by atoms with Gasteiger partial charge in [-0.1, -0.05) is 26.0 Å². The minimum atomic E-state index is -1.26. The first-order chi connectivity index (χ1) is 17.6. The summed E-state index contributed by atoms with van der Waals surface area (Å²) in [5, 5.41) is 24.5. The van der Waals surface area contributed by atoms with Gasteiger partial charge in [-0.2, -0.15) is 0 Å². The van der Waals surface area contributed by atoms with Crippen molar-refractivity contribution >= 4 is 23.7 Å². The number of imidazole rings is 1. The van der Waals surface area contributed by atoms with Gasteiger partial charge in [-0.25, -0.2) is 9.78 Å². The Balaban J connectivity index is 1.78. The summed E-state index contributed by atoms with van der Waals surface area (Å²) >= 11 is 0. The summed E-state index contributed by atoms with van der Waals surface area (Å²) in [5.41, 5.74) is 7.20. The van der Waals surface area contributed by atoms with Gasteiger partial charge in [-0.3, -0.25) is 14.4 Å². The zero-order chi connectivity index (χ0) is 27.1. The number of carbonyl (C=O) groups excluding carboxylic acids is 3. The predicted molar refractivity (Wildman–Crippen MR) is 133 cm³/mol. The molecule has 1 aliphatic heterocycles. The van der Waals surface area contributed by atoms with E-state index in [1.165, 1.54) is 29.6 Å². The number of carboxylic acids is 1. The zero-order valence-electron chi connectivity index (χ0n) is 20.9. The molecule has 0 aliphatic carbocycles. The Kier molecular flexibility index (Phi) is 9.23. The van der Waals surface area contributed by atoms with Gasteiger partial charge in [-0.05, 0) is 36.5 Å². The number of H-pyrrole nitrogens is 1. The number of aromatic amines is 1. The molecule has 2 aromatic rings. The molecule has 4 unspecified atom stereocenters. The van der Waals surface area contributed by atoms with E-state index in [9.17, 15) is 29.4 Å². The first kappa shape index (κ1) is 27.7. The van der Waals surface area contributed by atoms with E-state index in [4.69, 9.17) is 5.73 Å². The molecule has 0 saturated carbocycles. The number of rotatable bonds is 11. The maximum absolute atomic E-state index is 13.3. The zero-order valence-corrected chi connectivity index (χ0v) is 20.9. The fourth-order valence-corrected chi connectivity index (χ4v) is 4.21. The van der Waals surface area contributed by atoms with Gasteiger partial charge in [0.15, 0.2) is 0 Å². The van der Waals surface area contributed by atoms with Crippen molar-refractivity contribution in [2.24, 2.45) is 11.7 Å². The molecule has 200 valence electrons. The summed E-state index contributed by atoms with van der Waals surface area (Å²) in [7, 11) is 0. The van der Waals surface area contributed by atoms with Crippen molar-refractivity contribution in [2.75, 3.05) is 6.54 Å². The largest absolute Gasteiger partial charge is 0.508 e. The Hall–Kier alpha value is -3.93. The molecular formula is C25H34N6O6. The smallest absolute Gasteiger partial charge is 0.326 e. The molecule has 1 aliphatic rings. The van der Waals surface area contributed by atoms with Crippen molar-refractivity contribution < 1.29 is 29.4 Å². The van der Waals surface area contributed by atoms with Crippen LogP contribution >= 0.6 is 0 Å². The number of likely N-dealkylation sites (tertiary alicyclic amines) is 1. The van der Waals surface area contributed by atoms with E-state index in [-0.39, 0.29) is 30.4 Å². The number of aliphatic carboxylic acids is 1. The third kappa shape index (κ3) is 7.29. The number of aromatic hydroxyl groups is 1. The number of carbonyl (C=O) groups is 4. The number of nitrogens with two attached hydrogens (primary N) is 1. The topological polar surface area (TPSA) is 191 Å². The molecule has 1 fully saturated rings.